The van der Waals surface area contributed by atoms with E-state index in [4.69, 9.17) is 29.4 Å². The second-order valence-electron chi connectivity index (χ2n) is 11.4. The van der Waals surface area contributed by atoms with Crippen molar-refractivity contribution >= 4 is 24.1 Å². The Morgan fingerprint density at radius 3 is 1.86 bits per heavy atom. The van der Waals surface area contributed by atoms with Crippen LogP contribution >= 0.6 is 0 Å². The Kier molecular flexibility index (Phi) is 11.1. The third kappa shape index (κ3) is 10.4. The smallest absolute Gasteiger partial charge is 0.468 e. The van der Waals surface area contributed by atoms with Gasteiger partial charge in [-0.05, 0) is 65.2 Å². The molecule has 1 aromatic carbocycles. The van der Waals surface area contributed by atoms with Crippen LogP contribution in [0.2, 0.25) is 0 Å². The third-order valence-electron chi connectivity index (χ3n) is 5.05. The van der Waals surface area contributed by atoms with E-state index in [9.17, 15) is 19.2 Å². The number of hydrogen-bond donors (Lipinski definition) is 1. The molecule has 0 radical (unpaired) electrons. The number of carbonyl (C=O) groups is 4. The minimum atomic E-state index is -1.57. The molecule has 0 amide bonds. The predicted octanol–water partition coefficient (Wildman–Crippen LogP) is 4.20. The highest BCUT2D eigenvalue weighted by Gasteiger charge is 2.36. The molecule has 0 saturated heterocycles. The number of esters is 3. The van der Waals surface area contributed by atoms with Crippen LogP contribution in [0.3, 0.4) is 0 Å². The molecule has 0 fully saturated rings. The van der Waals surface area contributed by atoms with Crippen molar-refractivity contribution in [1.29, 1.82) is 0 Å². The van der Waals surface area contributed by atoms with Gasteiger partial charge in [0.2, 0.25) is 0 Å². The number of ether oxygens (including phenoxy) is 5. The van der Waals surface area contributed by atoms with E-state index in [0.29, 0.717) is 5.56 Å². The molecular formula is C27H41NO9. The van der Waals surface area contributed by atoms with Crippen LogP contribution in [0.5, 0.6) is 11.5 Å². The van der Waals surface area contributed by atoms with Crippen molar-refractivity contribution in [3.63, 3.8) is 0 Å². The van der Waals surface area contributed by atoms with E-state index in [1.807, 2.05) is 13.8 Å². The van der Waals surface area contributed by atoms with E-state index >= 15 is 0 Å². The lowest BCUT2D eigenvalue weighted by Crippen LogP contribution is -2.51. The van der Waals surface area contributed by atoms with Gasteiger partial charge in [-0.3, -0.25) is 14.4 Å². The van der Waals surface area contributed by atoms with Crippen LogP contribution in [0.4, 0.5) is 4.79 Å². The fraction of sp³-hybridized carbons (Fsp3) is 0.630. The molecule has 10 heteroatoms. The van der Waals surface area contributed by atoms with Crippen LogP contribution in [0, 0.1) is 16.7 Å². The van der Waals surface area contributed by atoms with Crippen LogP contribution in [-0.4, -0.2) is 49.9 Å². The zero-order chi connectivity index (χ0) is 28.6. The summed E-state index contributed by atoms with van der Waals surface area (Å²) in [5.74, 6) is -1.57. The van der Waals surface area contributed by atoms with E-state index in [1.165, 1.54) is 19.2 Å². The van der Waals surface area contributed by atoms with Crippen molar-refractivity contribution in [3.05, 3.63) is 23.8 Å². The van der Waals surface area contributed by atoms with Gasteiger partial charge in [0.05, 0.1) is 31.2 Å². The van der Waals surface area contributed by atoms with Crippen molar-refractivity contribution in [2.45, 2.75) is 73.8 Å². The first-order valence-corrected chi connectivity index (χ1v) is 12.1. The zero-order valence-electron chi connectivity index (χ0n) is 23.4. The molecule has 1 aromatic rings. The average molecular weight is 524 g/mol. The summed E-state index contributed by atoms with van der Waals surface area (Å²) < 4.78 is 26.0. The fourth-order valence-electron chi connectivity index (χ4n) is 2.76. The van der Waals surface area contributed by atoms with Crippen LogP contribution in [0.1, 0.15) is 67.4 Å². The second kappa shape index (κ2) is 12.9. The fourth-order valence-corrected chi connectivity index (χ4v) is 2.76. The molecular weight excluding hydrogens is 482 g/mol. The molecule has 0 aliphatic carbocycles. The Labute approximate surface area is 219 Å². The van der Waals surface area contributed by atoms with Crippen molar-refractivity contribution in [1.82, 2.24) is 0 Å². The number of nitrogens with two attached hydrogens (primary N) is 1. The lowest BCUT2D eigenvalue weighted by atomic mass is 9.88. The molecule has 0 aliphatic heterocycles. The Hall–Kier alpha value is -3.14. The van der Waals surface area contributed by atoms with Crippen molar-refractivity contribution < 1.29 is 42.9 Å². The first-order valence-electron chi connectivity index (χ1n) is 12.1. The molecule has 1 rings (SSSR count). The van der Waals surface area contributed by atoms with Gasteiger partial charge in [0.1, 0.15) is 5.54 Å². The first kappa shape index (κ1) is 31.9. The molecule has 208 valence electrons. The quantitative estimate of drug-likeness (QED) is 0.350. The van der Waals surface area contributed by atoms with Crippen LogP contribution in [-0.2, 0) is 35.0 Å². The Balaban J connectivity index is 3.20. The van der Waals surface area contributed by atoms with Gasteiger partial charge in [-0.2, -0.15) is 0 Å². The van der Waals surface area contributed by atoms with Gasteiger partial charge in [-0.25, -0.2) is 4.79 Å². The van der Waals surface area contributed by atoms with Crippen LogP contribution < -0.4 is 15.2 Å². The highest BCUT2D eigenvalue weighted by molar-refractivity contribution is 5.82. The predicted molar refractivity (Wildman–Crippen MR) is 136 cm³/mol. The van der Waals surface area contributed by atoms with E-state index < -0.39 is 40.4 Å². The molecule has 2 N–H and O–H groups in total. The maximum atomic E-state index is 12.6. The maximum Gasteiger partial charge on any atom is 0.508 e. The lowest BCUT2D eigenvalue weighted by molar-refractivity contribution is -0.148. The van der Waals surface area contributed by atoms with Gasteiger partial charge in [-0.1, -0.05) is 19.9 Å². The number of rotatable bonds is 10. The molecule has 1 atom stereocenters. The topological polar surface area (TPSA) is 140 Å². The molecule has 1 unspecified atom stereocenters. The largest absolute Gasteiger partial charge is 0.508 e. The molecule has 0 saturated carbocycles. The zero-order valence-corrected chi connectivity index (χ0v) is 23.4. The summed E-state index contributed by atoms with van der Waals surface area (Å²) in [7, 11) is 1.20. The second-order valence-corrected chi connectivity index (χ2v) is 11.4. The SMILES string of the molecule is COC(=O)C(N)(CCOC(=O)OCC(C)C)Cc1ccc(OC(=O)C(C)(C)C)c(OC(=O)C(C)(C)C)c1. The summed E-state index contributed by atoms with van der Waals surface area (Å²) in [6.07, 6.45) is -0.964. The highest BCUT2D eigenvalue weighted by Crippen LogP contribution is 2.33. The minimum absolute atomic E-state index is 0.00996. The molecule has 37 heavy (non-hydrogen) atoms. The summed E-state index contributed by atoms with van der Waals surface area (Å²) in [6.45, 7) is 14.0. The van der Waals surface area contributed by atoms with Gasteiger partial charge in [-0.15, -0.1) is 0 Å². The molecule has 0 aliphatic rings. The van der Waals surface area contributed by atoms with E-state index in [-0.39, 0.29) is 43.5 Å². The number of benzene rings is 1. The minimum Gasteiger partial charge on any atom is -0.468 e. The van der Waals surface area contributed by atoms with Gasteiger partial charge >= 0.3 is 24.1 Å². The molecule has 0 spiro atoms. The maximum absolute atomic E-state index is 12.6. The standard InChI is InChI=1S/C27H41NO9/c1-17(2)16-35-24(32)34-13-12-27(28,23(31)33-9)15-18-10-11-19(36-21(29)25(3,4)5)20(14-18)37-22(30)26(6,7)8/h10-11,14,17H,12-13,15-16,28H2,1-9H3. The summed E-state index contributed by atoms with van der Waals surface area (Å²) >= 11 is 0. The Morgan fingerprint density at radius 2 is 1.38 bits per heavy atom. The molecule has 0 aromatic heterocycles. The Bertz CT molecular complexity index is 973. The summed E-state index contributed by atoms with van der Waals surface area (Å²) in [4.78, 5) is 49.4. The third-order valence-corrected chi connectivity index (χ3v) is 5.05. The molecule has 0 heterocycles. The van der Waals surface area contributed by atoms with Crippen LogP contribution in [0.15, 0.2) is 18.2 Å². The van der Waals surface area contributed by atoms with Gasteiger partial charge < -0.3 is 29.4 Å². The van der Waals surface area contributed by atoms with E-state index in [2.05, 4.69) is 0 Å². The molecule has 10 nitrogen and oxygen atoms in total. The summed E-state index contributed by atoms with van der Waals surface area (Å²) in [5, 5.41) is 0. The highest BCUT2D eigenvalue weighted by atomic mass is 16.7. The van der Waals surface area contributed by atoms with Gasteiger partial charge in [0.15, 0.2) is 11.5 Å². The number of hydrogen-bond acceptors (Lipinski definition) is 10. The molecule has 0 bridgehead atoms. The summed E-state index contributed by atoms with van der Waals surface area (Å²) in [5.41, 5.74) is 3.70. The van der Waals surface area contributed by atoms with E-state index in [0.717, 1.165) is 0 Å². The average Bonchev–Trinajstić information content (AvgIpc) is 2.77. The van der Waals surface area contributed by atoms with Crippen molar-refractivity contribution in [3.8, 4) is 11.5 Å². The Morgan fingerprint density at radius 1 is 0.838 bits per heavy atom. The monoisotopic (exact) mass is 523 g/mol. The van der Waals surface area contributed by atoms with E-state index in [1.54, 1.807) is 47.6 Å². The number of methoxy groups -OCH3 is 1. The van der Waals surface area contributed by atoms with Crippen LogP contribution in [0.25, 0.3) is 0 Å². The first-order chi connectivity index (χ1) is 16.9. The summed E-state index contributed by atoms with van der Waals surface area (Å²) in [6, 6.07) is 4.56. The van der Waals surface area contributed by atoms with Crippen molar-refractivity contribution in [2.75, 3.05) is 20.3 Å². The van der Waals surface area contributed by atoms with Gasteiger partial charge in [0.25, 0.3) is 0 Å². The lowest BCUT2D eigenvalue weighted by Gasteiger charge is -2.27. The van der Waals surface area contributed by atoms with Gasteiger partial charge in [0, 0.05) is 12.8 Å². The van der Waals surface area contributed by atoms with Crippen molar-refractivity contribution in [2.24, 2.45) is 22.5 Å². The number of carbonyl (C=O) groups excluding carboxylic acids is 4. The normalized spacial score (nSPS) is 13.4.